The van der Waals surface area contributed by atoms with Crippen molar-refractivity contribution in [1.29, 1.82) is 0 Å². The lowest BCUT2D eigenvalue weighted by molar-refractivity contribution is 0.348. The van der Waals surface area contributed by atoms with Gasteiger partial charge in [-0.15, -0.1) is 0 Å². The van der Waals surface area contributed by atoms with Gasteiger partial charge in [0.15, 0.2) is 0 Å². The molecule has 0 amide bonds. The van der Waals surface area contributed by atoms with E-state index in [-0.39, 0.29) is 5.82 Å². The molecule has 0 bridgehead atoms. The van der Waals surface area contributed by atoms with Gasteiger partial charge in [0.1, 0.15) is 5.82 Å². The molecule has 1 aliphatic carbocycles. The minimum absolute atomic E-state index is 0.325. The molecule has 2 aromatic rings. The van der Waals surface area contributed by atoms with E-state index in [1.54, 1.807) is 6.07 Å². The molecule has 21 heavy (non-hydrogen) atoms. The van der Waals surface area contributed by atoms with E-state index in [1.807, 2.05) is 0 Å². The number of benzene rings is 1. The van der Waals surface area contributed by atoms with Gasteiger partial charge in [0.05, 0.1) is 0 Å². The molecule has 3 rings (SSSR count). The van der Waals surface area contributed by atoms with Gasteiger partial charge < -0.3 is 9.84 Å². The molecule has 1 aromatic carbocycles. The molecule has 1 saturated carbocycles. The van der Waals surface area contributed by atoms with Crippen molar-refractivity contribution in [3.8, 4) is 11.4 Å². The predicted molar refractivity (Wildman–Crippen MR) is 81.3 cm³/mol. The van der Waals surface area contributed by atoms with Gasteiger partial charge in [-0.3, -0.25) is 0 Å². The quantitative estimate of drug-likeness (QED) is 0.862. The second-order valence-corrected chi connectivity index (χ2v) is 6.29. The largest absolute Gasteiger partial charge is 0.339 e. The van der Waals surface area contributed by atoms with E-state index >= 15 is 0 Å². The minimum Gasteiger partial charge on any atom is -0.339 e. The maximum atomic E-state index is 13.4. The second-order valence-electron chi connectivity index (χ2n) is 5.38. The Morgan fingerprint density at radius 1 is 1.43 bits per heavy atom. The molecule has 0 spiro atoms. The Bertz CT molecular complexity index is 607. The van der Waals surface area contributed by atoms with Gasteiger partial charge in [-0.1, -0.05) is 28.0 Å². The summed E-state index contributed by atoms with van der Waals surface area (Å²) < 4.78 is 19.4. The van der Waals surface area contributed by atoms with Crippen LogP contribution in [0.5, 0.6) is 0 Å². The van der Waals surface area contributed by atoms with Crippen LogP contribution in [0.4, 0.5) is 4.39 Å². The van der Waals surface area contributed by atoms with Crippen molar-refractivity contribution in [2.45, 2.75) is 32.2 Å². The molecule has 1 heterocycles. The van der Waals surface area contributed by atoms with Crippen LogP contribution in [0, 0.1) is 11.7 Å². The Kier molecular flexibility index (Phi) is 4.35. The van der Waals surface area contributed by atoms with Crippen molar-refractivity contribution < 1.29 is 8.91 Å². The van der Waals surface area contributed by atoms with Gasteiger partial charge >= 0.3 is 0 Å². The van der Waals surface area contributed by atoms with Crippen LogP contribution in [0.15, 0.2) is 27.2 Å². The summed E-state index contributed by atoms with van der Waals surface area (Å²) in [7, 11) is 0. The van der Waals surface area contributed by atoms with Gasteiger partial charge in [-0.25, -0.2) is 4.39 Å². The number of hydrogen-bond donors (Lipinski definition) is 1. The van der Waals surface area contributed by atoms with Gasteiger partial charge in [0.25, 0.3) is 0 Å². The summed E-state index contributed by atoms with van der Waals surface area (Å²) in [6, 6.07) is 4.98. The van der Waals surface area contributed by atoms with E-state index in [9.17, 15) is 4.39 Å². The summed E-state index contributed by atoms with van der Waals surface area (Å²) in [5, 5.41) is 7.43. The van der Waals surface area contributed by atoms with E-state index < -0.39 is 0 Å². The highest BCUT2D eigenvalue weighted by atomic mass is 79.9. The summed E-state index contributed by atoms with van der Waals surface area (Å²) in [6.45, 7) is 3.03. The Labute approximate surface area is 131 Å². The average Bonchev–Trinajstić information content (AvgIpc) is 3.17. The minimum atomic E-state index is -0.325. The first kappa shape index (κ1) is 14.7. The van der Waals surface area contributed by atoms with Crippen molar-refractivity contribution >= 4 is 15.9 Å². The van der Waals surface area contributed by atoms with Crippen LogP contribution in [0.3, 0.4) is 0 Å². The lowest BCUT2D eigenvalue weighted by Crippen LogP contribution is -2.33. The fourth-order valence-electron chi connectivity index (χ4n) is 2.49. The summed E-state index contributed by atoms with van der Waals surface area (Å²) in [4.78, 5) is 4.39. The van der Waals surface area contributed by atoms with Crippen LogP contribution >= 0.6 is 15.9 Å². The number of nitrogens with zero attached hydrogens (tertiary/aromatic N) is 2. The summed E-state index contributed by atoms with van der Waals surface area (Å²) >= 11 is 3.27. The molecule has 0 aliphatic heterocycles. The third-order valence-electron chi connectivity index (χ3n) is 3.64. The molecular formula is C15H17BrFN3O. The molecule has 0 radical (unpaired) electrons. The fraction of sp³-hybridized carbons (Fsp3) is 0.467. The SMILES string of the molecule is CCNC(Cc1nc(-c2cc(F)cc(Br)c2)no1)C1CC1. The van der Waals surface area contributed by atoms with E-state index in [1.165, 1.54) is 25.0 Å². The topological polar surface area (TPSA) is 51.0 Å². The number of aromatic nitrogens is 2. The first-order valence-corrected chi connectivity index (χ1v) is 7.97. The summed E-state index contributed by atoms with van der Waals surface area (Å²) in [6.07, 6.45) is 3.24. The van der Waals surface area contributed by atoms with E-state index in [4.69, 9.17) is 4.52 Å². The monoisotopic (exact) mass is 353 g/mol. The van der Waals surface area contributed by atoms with Gasteiger partial charge in [-0.05, 0) is 43.5 Å². The lowest BCUT2D eigenvalue weighted by atomic mass is 10.1. The van der Waals surface area contributed by atoms with Crippen LogP contribution in [-0.4, -0.2) is 22.7 Å². The highest BCUT2D eigenvalue weighted by molar-refractivity contribution is 9.10. The molecule has 1 atom stereocenters. The maximum absolute atomic E-state index is 13.4. The average molecular weight is 354 g/mol. The zero-order chi connectivity index (χ0) is 14.8. The standard InChI is InChI=1S/C15H17BrFN3O/c1-2-18-13(9-3-4-9)8-14-19-15(20-21-14)10-5-11(16)7-12(17)6-10/h5-7,9,13,18H,2-4,8H2,1H3. The Morgan fingerprint density at radius 2 is 2.24 bits per heavy atom. The molecular weight excluding hydrogens is 337 g/mol. The third kappa shape index (κ3) is 3.68. The summed E-state index contributed by atoms with van der Waals surface area (Å²) in [5.41, 5.74) is 0.614. The predicted octanol–water partition coefficient (Wildman–Crippen LogP) is 3.57. The molecule has 1 fully saturated rings. The van der Waals surface area contributed by atoms with Crippen LogP contribution in [-0.2, 0) is 6.42 Å². The molecule has 1 N–H and O–H groups in total. The van der Waals surface area contributed by atoms with Gasteiger partial charge in [0, 0.05) is 22.5 Å². The first-order chi connectivity index (χ1) is 10.2. The molecule has 1 aromatic heterocycles. The fourth-order valence-corrected chi connectivity index (χ4v) is 2.96. The number of nitrogens with one attached hydrogen (secondary N) is 1. The molecule has 0 saturated heterocycles. The van der Waals surface area contributed by atoms with Crippen molar-refractivity contribution in [2.24, 2.45) is 5.92 Å². The number of rotatable bonds is 6. The molecule has 1 unspecified atom stereocenters. The molecule has 112 valence electrons. The van der Waals surface area contributed by atoms with Crippen molar-refractivity contribution in [1.82, 2.24) is 15.5 Å². The van der Waals surface area contributed by atoms with Gasteiger partial charge in [0.2, 0.25) is 11.7 Å². The van der Waals surface area contributed by atoms with Gasteiger partial charge in [-0.2, -0.15) is 4.98 Å². The van der Waals surface area contributed by atoms with E-state index in [2.05, 4.69) is 38.3 Å². The second kappa shape index (κ2) is 6.23. The zero-order valence-corrected chi connectivity index (χ0v) is 13.4. The molecule has 6 heteroatoms. The van der Waals surface area contributed by atoms with Crippen LogP contribution in [0.1, 0.15) is 25.7 Å². The molecule has 1 aliphatic rings. The van der Waals surface area contributed by atoms with Crippen LogP contribution in [0.25, 0.3) is 11.4 Å². The number of hydrogen-bond acceptors (Lipinski definition) is 4. The molecule has 4 nitrogen and oxygen atoms in total. The van der Waals surface area contributed by atoms with Crippen LogP contribution < -0.4 is 5.32 Å². The van der Waals surface area contributed by atoms with E-state index in [0.29, 0.717) is 33.7 Å². The Morgan fingerprint density at radius 3 is 2.90 bits per heavy atom. The Balaban J connectivity index is 1.76. The lowest BCUT2D eigenvalue weighted by Gasteiger charge is -2.14. The first-order valence-electron chi connectivity index (χ1n) is 7.18. The van der Waals surface area contributed by atoms with Crippen molar-refractivity contribution in [3.05, 3.63) is 34.4 Å². The van der Waals surface area contributed by atoms with E-state index in [0.717, 1.165) is 13.0 Å². The number of likely N-dealkylation sites (N-methyl/N-ethyl adjacent to an activating group) is 1. The Hall–Kier alpha value is -1.27. The third-order valence-corrected chi connectivity index (χ3v) is 4.10. The van der Waals surface area contributed by atoms with Crippen molar-refractivity contribution in [2.75, 3.05) is 6.54 Å². The highest BCUT2D eigenvalue weighted by Gasteiger charge is 2.31. The van der Waals surface area contributed by atoms with Crippen molar-refractivity contribution in [3.63, 3.8) is 0 Å². The highest BCUT2D eigenvalue weighted by Crippen LogP contribution is 2.34. The number of halogens is 2. The smallest absolute Gasteiger partial charge is 0.228 e. The van der Waals surface area contributed by atoms with Crippen LogP contribution in [0.2, 0.25) is 0 Å². The summed E-state index contributed by atoms with van der Waals surface area (Å²) in [5.74, 6) is 1.41. The normalized spacial score (nSPS) is 16.1. The zero-order valence-electron chi connectivity index (χ0n) is 11.8. The maximum Gasteiger partial charge on any atom is 0.228 e.